The Labute approximate surface area is 120 Å². The number of nitrogens with one attached hydrogen (secondary N) is 1. The van der Waals surface area contributed by atoms with Crippen LogP contribution in [0.15, 0.2) is 36.9 Å². The molecule has 106 valence electrons. The van der Waals surface area contributed by atoms with Crippen molar-refractivity contribution in [2.24, 2.45) is 0 Å². The molecule has 1 aromatic carbocycles. The number of ether oxygens (including phenoxy) is 2. The normalized spacial score (nSPS) is 10.5. The van der Waals surface area contributed by atoms with Gasteiger partial charge in [-0.25, -0.2) is 14.8 Å². The highest BCUT2D eigenvalue weighted by Crippen LogP contribution is 2.24. The van der Waals surface area contributed by atoms with Gasteiger partial charge in [0.1, 0.15) is 17.6 Å². The number of carbonyl (C=O) groups excluding carboxylic acids is 1. The van der Waals surface area contributed by atoms with E-state index in [0.717, 1.165) is 0 Å². The minimum atomic E-state index is -0.359. The van der Waals surface area contributed by atoms with Crippen molar-refractivity contribution in [3.8, 4) is 11.6 Å². The van der Waals surface area contributed by atoms with Gasteiger partial charge in [-0.3, -0.25) is 0 Å². The molecular weight excluding hydrogens is 272 g/mol. The van der Waals surface area contributed by atoms with Crippen molar-refractivity contribution < 1.29 is 14.3 Å². The highest BCUT2D eigenvalue weighted by molar-refractivity contribution is 5.89. The number of fused-ring (bicyclic) bond motifs is 1. The topological polar surface area (TPSA) is 90.0 Å². The molecule has 0 atom stereocenters. The van der Waals surface area contributed by atoms with E-state index >= 15 is 0 Å². The van der Waals surface area contributed by atoms with E-state index in [1.165, 1.54) is 12.7 Å². The van der Waals surface area contributed by atoms with Gasteiger partial charge in [-0.05, 0) is 31.2 Å². The smallest absolute Gasteiger partial charge is 0.338 e. The predicted octanol–water partition coefficient (Wildman–Crippen LogP) is 2.32. The van der Waals surface area contributed by atoms with E-state index in [-0.39, 0.29) is 5.97 Å². The number of H-pyrrole nitrogens is 1. The van der Waals surface area contributed by atoms with Crippen molar-refractivity contribution in [3.05, 3.63) is 42.5 Å². The molecule has 3 aromatic rings. The molecule has 0 amide bonds. The lowest BCUT2D eigenvalue weighted by molar-refractivity contribution is 0.0526. The summed E-state index contributed by atoms with van der Waals surface area (Å²) in [5, 5.41) is 0. The van der Waals surface area contributed by atoms with Gasteiger partial charge in [0.05, 0.1) is 18.5 Å². The Kier molecular flexibility index (Phi) is 3.46. The summed E-state index contributed by atoms with van der Waals surface area (Å²) in [6.45, 7) is 2.11. The molecule has 0 unspecified atom stereocenters. The number of aromatic nitrogens is 4. The molecule has 7 heteroatoms. The molecule has 2 heterocycles. The zero-order valence-corrected chi connectivity index (χ0v) is 11.2. The Morgan fingerprint density at radius 3 is 2.76 bits per heavy atom. The molecule has 0 radical (unpaired) electrons. The number of rotatable bonds is 4. The van der Waals surface area contributed by atoms with Crippen LogP contribution in [-0.4, -0.2) is 32.5 Å². The summed E-state index contributed by atoms with van der Waals surface area (Å²) in [5.41, 5.74) is 1.62. The molecule has 0 spiro atoms. The molecule has 7 nitrogen and oxygen atoms in total. The van der Waals surface area contributed by atoms with E-state index in [2.05, 4.69) is 19.9 Å². The summed E-state index contributed by atoms with van der Waals surface area (Å²) >= 11 is 0. The van der Waals surface area contributed by atoms with Gasteiger partial charge < -0.3 is 14.5 Å². The van der Waals surface area contributed by atoms with E-state index < -0.39 is 0 Å². The second-order valence-electron chi connectivity index (χ2n) is 4.13. The molecule has 0 fully saturated rings. The van der Waals surface area contributed by atoms with E-state index in [1.54, 1.807) is 31.2 Å². The molecular formula is C14H12N4O3. The van der Waals surface area contributed by atoms with Crippen LogP contribution in [0.25, 0.3) is 11.2 Å². The Bertz CT molecular complexity index is 767. The largest absolute Gasteiger partial charge is 0.462 e. The third-order valence-corrected chi connectivity index (χ3v) is 2.77. The monoisotopic (exact) mass is 284 g/mol. The van der Waals surface area contributed by atoms with Gasteiger partial charge in [-0.1, -0.05) is 0 Å². The maximum Gasteiger partial charge on any atom is 0.338 e. The minimum Gasteiger partial charge on any atom is -0.462 e. The molecule has 0 aliphatic carbocycles. The lowest BCUT2D eigenvalue weighted by Gasteiger charge is -2.06. The molecule has 1 N–H and O–H groups in total. The number of aromatic amines is 1. The van der Waals surface area contributed by atoms with Crippen LogP contribution in [0.4, 0.5) is 0 Å². The number of imidazole rings is 1. The maximum absolute atomic E-state index is 11.6. The number of benzene rings is 1. The molecule has 0 saturated carbocycles. The lowest BCUT2D eigenvalue weighted by Crippen LogP contribution is -2.04. The fraction of sp³-hybridized carbons (Fsp3) is 0.143. The van der Waals surface area contributed by atoms with E-state index in [1.807, 2.05) is 0 Å². The Morgan fingerprint density at radius 1 is 1.19 bits per heavy atom. The summed E-state index contributed by atoms with van der Waals surface area (Å²) in [5.74, 6) is 0.570. The molecule has 0 aliphatic heterocycles. The van der Waals surface area contributed by atoms with E-state index in [9.17, 15) is 4.79 Å². The number of nitrogens with zero attached hydrogens (tertiary/aromatic N) is 3. The van der Waals surface area contributed by atoms with Crippen LogP contribution in [0.5, 0.6) is 11.6 Å². The van der Waals surface area contributed by atoms with E-state index in [0.29, 0.717) is 35.0 Å². The third kappa shape index (κ3) is 2.66. The van der Waals surface area contributed by atoms with Crippen LogP contribution in [0.1, 0.15) is 17.3 Å². The average molecular weight is 284 g/mol. The minimum absolute atomic E-state index is 0.343. The summed E-state index contributed by atoms with van der Waals surface area (Å²) in [4.78, 5) is 26.6. The number of hydrogen-bond acceptors (Lipinski definition) is 6. The molecule has 21 heavy (non-hydrogen) atoms. The van der Waals surface area contributed by atoms with Gasteiger partial charge in [-0.2, -0.15) is 4.98 Å². The molecule has 0 aliphatic rings. The number of hydrogen-bond donors (Lipinski definition) is 1. The van der Waals surface area contributed by atoms with Crippen LogP contribution >= 0.6 is 0 Å². The van der Waals surface area contributed by atoms with Gasteiger partial charge >= 0.3 is 5.97 Å². The van der Waals surface area contributed by atoms with Crippen molar-refractivity contribution >= 4 is 17.1 Å². The average Bonchev–Trinajstić information content (AvgIpc) is 2.98. The molecule has 2 aromatic heterocycles. The Balaban J connectivity index is 1.82. The number of carbonyl (C=O) groups is 1. The fourth-order valence-corrected chi connectivity index (χ4v) is 1.81. The summed E-state index contributed by atoms with van der Waals surface area (Å²) in [6, 6.07) is 6.63. The van der Waals surface area contributed by atoms with Crippen LogP contribution in [-0.2, 0) is 4.74 Å². The van der Waals surface area contributed by atoms with Gasteiger partial charge in [0.25, 0.3) is 0 Å². The van der Waals surface area contributed by atoms with Crippen molar-refractivity contribution in [1.82, 2.24) is 19.9 Å². The first kappa shape index (κ1) is 13.0. The number of esters is 1. The van der Waals surface area contributed by atoms with Gasteiger partial charge in [0.2, 0.25) is 5.88 Å². The zero-order chi connectivity index (χ0) is 14.7. The third-order valence-electron chi connectivity index (χ3n) is 2.77. The van der Waals surface area contributed by atoms with Crippen LogP contribution in [0, 0.1) is 0 Å². The first-order valence-electron chi connectivity index (χ1n) is 6.37. The van der Waals surface area contributed by atoms with Gasteiger partial charge in [0.15, 0.2) is 5.65 Å². The summed E-state index contributed by atoms with van der Waals surface area (Å²) in [6.07, 6.45) is 2.90. The lowest BCUT2D eigenvalue weighted by atomic mass is 10.2. The Morgan fingerprint density at radius 2 is 2.00 bits per heavy atom. The van der Waals surface area contributed by atoms with Crippen LogP contribution in [0.2, 0.25) is 0 Å². The van der Waals surface area contributed by atoms with Crippen molar-refractivity contribution in [3.63, 3.8) is 0 Å². The van der Waals surface area contributed by atoms with Gasteiger partial charge in [-0.15, -0.1) is 0 Å². The van der Waals surface area contributed by atoms with Crippen LogP contribution < -0.4 is 4.74 Å². The predicted molar refractivity (Wildman–Crippen MR) is 74.2 cm³/mol. The molecule has 0 bridgehead atoms. The van der Waals surface area contributed by atoms with Crippen LogP contribution in [0.3, 0.4) is 0 Å². The fourth-order valence-electron chi connectivity index (χ4n) is 1.81. The summed E-state index contributed by atoms with van der Waals surface area (Å²) in [7, 11) is 0. The zero-order valence-electron chi connectivity index (χ0n) is 11.2. The summed E-state index contributed by atoms with van der Waals surface area (Å²) < 4.78 is 10.6. The van der Waals surface area contributed by atoms with Crippen molar-refractivity contribution in [1.29, 1.82) is 0 Å². The Hall–Kier alpha value is -2.96. The first-order valence-corrected chi connectivity index (χ1v) is 6.37. The van der Waals surface area contributed by atoms with Gasteiger partial charge in [0, 0.05) is 0 Å². The second-order valence-corrected chi connectivity index (χ2v) is 4.13. The highest BCUT2D eigenvalue weighted by atomic mass is 16.5. The van der Waals surface area contributed by atoms with Crippen molar-refractivity contribution in [2.75, 3.05) is 6.61 Å². The maximum atomic E-state index is 11.6. The molecule has 3 rings (SSSR count). The van der Waals surface area contributed by atoms with Crippen molar-refractivity contribution in [2.45, 2.75) is 6.92 Å². The highest BCUT2D eigenvalue weighted by Gasteiger charge is 2.09. The standard InChI is InChI=1S/C14H12N4O3/c1-2-20-14(19)9-3-5-10(6-4-9)21-13-11-12(16-7-15-11)17-8-18-13/h3-8H,2H2,1H3,(H,15,16,17,18). The first-order chi connectivity index (χ1) is 10.3. The SMILES string of the molecule is CCOC(=O)c1ccc(Oc2ncnc3nc[nH]c23)cc1. The molecule has 0 saturated heterocycles. The van der Waals surface area contributed by atoms with E-state index in [4.69, 9.17) is 9.47 Å². The quantitative estimate of drug-likeness (QED) is 0.739. The second kappa shape index (κ2) is 5.58.